The quantitative estimate of drug-likeness (QED) is 0.249. The lowest BCUT2D eigenvalue weighted by Gasteiger charge is -2.29. The lowest BCUT2D eigenvalue weighted by molar-refractivity contribution is -0.122. The second-order valence-corrected chi connectivity index (χ2v) is 9.19. The van der Waals surface area contributed by atoms with Crippen molar-refractivity contribution in [3.63, 3.8) is 0 Å². The first-order chi connectivity index (χ1) is 16.4. The van der Waals surface area contributed by atoms with Gasteiger partial charge in [0.1, 0.15) is 17.9 Å². The highest BCUT2D eigenvalue weighted by molar-refractivity contribution is 9.10. The van der Waals surface area contributed by atoms with Crippen LogP contribution in [0.25, 0.3) is 6.08 Å². The molecule has 1 fully saturated rings. The summed E-state index contributed by atoms with van der Waals surface area (Å²) in [5.74, 6) is -0.317. The first kappa shape index (κ1) is 23.9. The molecule has 1 aliphatic heterocycles. The van der Waals surface area contributed by atoms with Crippen molar-refractivity contribution in [3.05, 3.63) is 99.0 Å². The molecule has 0 spiro atoms. The Morgan fingerprint density at radius 3 is 2.47 bits per heavy atom. The number of amides is 2. The van der Waals surface area contributed by atoms with Crippen molar-refractivity contribution in [2.24, 2.45) is 0 Å². The topological polar surface area (TPSA) is 58.6 Å². The summed E-state index contributed by atoms with van der Waals surface area (Å²) in [6.45, 7) is 4.53. The number of carbonyl (C=O) groups excluding carboxylic acids is 2. The maximum atomic E-state index is 13.2. The second kappa shape index (κ2) is 10.3. The van der Waals surface area contributed by atoms with Gasteiger partial charge in [0.25, 0.3) is 11.8 Å². The second-order valence-electron chi connectivity index (χ2n) is 7.95. The van der Waals surface area contributed by atoms with Crippen LogP contribution in [0, 0.1) is 6.92 Å². The highest BCUT2D eigenvalue weighted by atomic mass is 79.9. The van der Waals surface area contributed by atoms with E-state index in [2.05, 4.69) is 34.2 Å². The molecule has 0 saturated carbocycles. The van der Waals surface area contributed by atoms with Gasteiger partial charge in [-0.2, -0.15) is 0 Å². The maximum absolute atomic E-state index is 13.2. The highest BCUT2D eigenvalue weighted by Gasteiger charge is 2.34. The molecule has 0 aliphatic carbocycles. The average Bonchev–Trinajstić information content (AvgIpc) is 2.81. The third kappa shape index (κ3) is 5.26. The van der Waals surface area contributed by atoms with E-state index in [0.29, 0.717) is 23.6 Å². The molecule has 3 aromatic carbocycles. The van der Waals surface area contributed by atoms with Crippen LogP contribution in [0.3, 0.4) is 0 Å². The summed E-state index contributed by atoms with van der Waals surface area (Å²) in [5.41, 5.74) is 4.70. The highest BCUT2D eigenvalue weighted by Crippen LogP contribution is 2.29. The Morgan fingerprint density at radius 2 is 1.79 bits per heavy atom. The number of benzene rings is 3. The molecule has 1 heterocycles. The van der Waals surface area contributed by atoms with Gasteiger partial charge < -0.3 is 4.74 Å². The van der Waals surface area contributed by atoms with Gasteiger partial charge in [-0.25, -0.2) is 0 Å². The van der Waals surface area contributed by atoms with Crippen molar-refractivity contribution in [1.82, 2.24) is 5.32 Å². The summed E-state index contributed by atoms with van der Waals surface area (Å²) >= 11 is 8.81. The Labute approximate surface area is 212 Å². The smallest absolute Gasteiger partial charge is 0.270 e. The molecule has 0 unspecified atom stereocenters. The summed E-state index contributed by atoms with van der Waals surface area (Å²) in [6.07, 6.45) is 2.45. The molecule has 1 aliphatic rings. The molecule has 1 N–H and O–H groups in total. The van der Waals surface area contributed by atoms with Gasteiger partial charge in [-0.3, -0.25) is 19.8 Å². The van der Waals surface area contributed by atoms with Gasteiger partial charge >= 0.3 is 0 Å². The van der Waals surface area contributed by atoms with Crippen LogP contribution in [0.4, 0.5) is 5.69 Å². The van der Waals surface area contributed by atoms with Crippen LogP contribution in [-0.2, 0) is 22.6 Å². The van der Waals surface area contributed by atoms with Gasteiger partial charge in [-0.15, -0.1) is 0 Å². The number of hydrogen-bond donors (Lipinski definition) is 1. The Morgan fingerprint density at radius 1 is 1.03 bits per heavy atom. The third-order valence-corrected chi connectivity index (χ3v) is 6.35. The van der Waals surface area contributed by atoms with Gasteiger partial charge in [-0.05, 0) is 88.5 Å². The van der Waals surface area contributed by atoms with Crippen LogP contribution in [0.2, 0.25) is 0 Å². The predicted octanol–water partition coefficient (Wildman–Crippen LogP) is 5.73. The van der Waals surface area contributed by atoms with E-state index < -0.39 is 11.8 Å². The van der Waals surface area contributed by atoms with Gasteiger partial charge in [0, 0.05) is 0 Å². The minimum Gasteiger partial charge on any atom is -0.488 e. The van der Waals surface area contributed by atoms with Gasteiger partial charge in [0.05, 0.1) is 10.2 Å². The number of anilines is 1. The fourth-order valence-corrected chi connectivity index (χ4v) is 4.42. The first-order valence-electron chi connectivity index (χ1n) is 10.8. The molecule has 7 heteroatoms. The third-order valence-electron chi connectivity index (χ3n) is 5.45. The van der Waals surface area contributed by atoms with E-state index in [4.69, 9.17) is 17.0 Å². The number of nitrogens with zero attached hydrogens (tertiary/aromatic N) is 1. The molecule has 34 heavy (non-hydrogen) atoms. The van der Waals surface area contributed by atoms with E-state index in [1.54, 1.807) is 12.1 Å². The van der Waals surface area contributed by atoms with Crippen LogP contribution >= 0.6 is 28.1 Å². The van der Waals surface area contributed by atoms with Gasteiger partial charge in [-0.1, -0.05) is 55.0 Å². The lowest BCUT2D eigenvalue weighted by atomic mass is 10.1. The summed E-state index contributed by atoms with van der Waals surface area (Å²) in [4.78, 5) is 27.1. The Balaban J connectivity index is 1.55. The number of rotatable bonds is 6. The average molecular weight is 535 g/mol. The summed E-state index contributed by atoms with van der Waals surface area (Å²) in [5, 5.41) is 2.69. The summed E-state index contributed by atoms with van der Waals surface area (Å²) in [7, 11) is 0. The molecular weight excluding hydrogens is 512 g/mol. The Bertz CT molecular complexity index is 1300. The normalized spacial score (nSPS) is 15.0. The maximum Gasteiger partial charge on any atom is 0.270 e. The van der Waals surface area contributed by atoms with Crippen molar-refractivity contribution in [1.29, 1.82) is 0 Å². The van der Waals surface area contributed by atoms with Crippen molar-refractivity contribution in [2.45, 2.75) is 26.9 Å². The van der Waals surface area contributed by atoms with Crippen LogP contribution in [-0.4, -0.2) is 16.9 Å². The largest absolute Gasteiger partial charge is 0.488 e. The summed E-state index contributed by atoms with van der Waals surface area (Å²) < 4.78 is 6.66. The van der Waals surface area contributed by atoms with Crippen LogP contribution in [0.15, 0.2) is 76.8 Å². The fourth-order valence-electron chi connectivity index (χ4n) is 3.63. The number of aryl methyl sites for hydroxylation is 2. The number of nitrogens with one attached hydrogen (secondary N) is 1. The molecule has 1 saturated heterocycles. The number of ether oxygens (including phenoxy) is 1. The molecule has 2 amide bonds. The number of carbonyl (C=O) groups is 2. The minimum absolute atomic E-state index is 0.00787. The zero-order valence-electron chi connectivity index (χ0n) is 18.8. The monoisotopic (exact) mass is 534 g/mol. The first-order valence-corrected chi connectivity index (χ1v) is 12.0. The van der Waals surface area contributed by atoms with E-state index in [1.165, 1.54) is 10.5 Å². The number of hydrogen-bond acceptors (Lipinski definition) is 4. The Kier molecular flexibility index (Phi) is 7.24. The molecule has 0 bridgehead atoms. The SMILES string of the molecule is CCc1ccc(N2C(=O)/C(=C/c3ccc(OCc4cccc(C)c4)c(Br)c3)C(=O)NC2=S)cc1. The van der Waals surface area contributed by atoms with E-state index in [1.807, 2.05) is 61.5 Å². The van der Waals surface area contributed by atoms with E-state index in [-0.39, 0.29) is 10.7 Å². The van der Waals surface area contributed by atoms with E-state index >= 15 is 0 Å². The van der Waals surface area contributed by atoms with Crippen molar-refractivity contribution < 1.29 is 14.3 Å². The summed E-state index contributed by atoms with van der Waals surface area (Å²) in [6, 6.07) is 21.1. The minimum atomic E-state index is -0.521. The predicted molar refractivity (Wildman–Crippen MR) is 142 cm³/mol. The molecular formula is C27H23BrN2O3S. The Hall–Kier alpha value is -3.29. The van der Waals surface area contributed by atoms with E-state index in [9.17, 15) is 9.59 Å². The molecule has 172 valence electrons. The zero-order chi connectivity index (χ0) is 24.2. The number of thiocarbonyl (C=S) groups is 1. The standard InChI is InChI=1S/C27H23BrN2O3S/c1-3-18-7-10-21(11-8-18)30-26(32)22(25(31)29-27(30)34)14-19-9-12-24(23(28)15-19)33-16-20-6-4-5-17(2)13-20/h4-15H,3,16H2,1-2H3,(H,29,31,34)/b22-14+. The van der Waals surface area contributed by atoms with Crippen molar-refractivity contribution in [3.8, 4) is 5.75 Å². The van der Waals surface area contributed by atoms with Gasteiger partial charge in [0.15, 0.2) is 5.11 Å². The van der Waals surface area contributed by atoms with Crippen LogP contribution < -0.4 is 15.0 Å². The molecule has 0 atom stereocenters. The molecule has 3 aromatic rings. The van der Waals surface area contributed by atoms with Crippen molar-refractivity contribution >= 4 is 56.8 Å². The molecule has 5 nitrogen and oxygen atoms in total. The molecule has 4 rings (SSSR count). The van der Waals surface area contributed by atoms with Crippen molar-refractivity contribution in [2.75, 3.05) is 4.90 Å². The zero-order valence-corrected chi connectivity index (χ0v) is 21.2. The lowest BCUT2D eigenvalue weighted by Crippen LogP contribution is -2.54. The van der Waals surface area contributed by atoms with E-state index in [0.717, 1.165) is 22.0 Å². The fraction of sp³-hybridized carbons (Fsp3) is 0.148. The molecule has 0 radical (unpaired) electrons. The van der Waals surface area contributed by atoms with Crippen LogP contribution in [0.1, 0.15) is 29.2 Å². The number of halogens is 1. The van der Waals surface area contributed by atoms with Crippen LogP contribution in [0.5, 0.6) is 5.75 Å². The molecule has 0 aromatic heterocycles. The van der Waals surface area contributed by atoms with Gasteiger partial charge in [0.2, 0.25) is 0 Å².